The summed E-state index contributed by atoms with van der Waals surface area (Å²) >= 11 is 0. The lowest BCUT2D eigenvalue weighted by molar-refractivity contribution is 0.0532. The van der Waals surface area contributed by atoms with Gasteiger partial charge in [-0.3, -0.25) is 0 Å². The number of morpholine rings is 1. The highest BCUT2D eigenvalue weighted by Crippen LogP contribution is 2.28. The Bertz CT molecular complexity index is 1050. The van der Waals surface area contributed by atoms with Crippen molar-refractivity contribution in [1.82, 2.24) is 24.9 Å². The number of imidazole rings is 1. The lowest BCUT2D eigenvalue weighted by atomic mass is 10.2. The van der Waals surface area contributed by atoms with Gasteiger partial charge in [0.15, 0.2) is 11.6 Å². The highest BCUT2D eigenvalue weighted by atomic mass is 16.5. The molecule has 0 bridgehead atoms. The van der Waals surface area contributed by atoms with Crippen molar-refractivity contribution in [3.8, 4) is 0 Å². The van der Waals surface area contributed by atoms with E-state index in [1.54, 1.807) is 4.90 Å². The molecule has 0 aliphatic carbocycles. The van der Waals surface area contributed by atoms with Gasteiger partial charge in [-0.25, -0.2) is 19.4 Å². The number of urea groups is 1. The van der Waals surface area contributed by atoms with Gasteiger partial charge < -0.3 is 30.8 Å². The number of pyridine rings is 1. The Hall–Kier alpha value is -3.11. The van der Waals surface area contributed by atoms with E-state index in [-0.39, 0.29) is 6.03 Å². The molecule has 10 heteroatoms. The third-order valence-electron chi connectivity index (χ3n) is 5.22. The van der Waals surface area contributed by atoms with Gasteiger partial charge in [0, 0.05) is 38.2 Å². The highest BCUT2D eigenvalue weighted by Gasteiger charge is 2.18. The maximum atomic E-state index is 12.2. The van der Waals surface area contributed by atoms with Gasteiger partial charge in [0.1, 0.15) is 17.6 Å². The quantitative estimate of drug-likeness (QED) is 0.468. The average Bonchev–Trinajstić information content (AvgIpc) is 3.17. The van der Waals surface area contributed by atoms with Gasteiger partial charge in [-0.1, -0.05) is 18.2 Å². The number of rotatable bonds is 8. The minimum atomic E-state index is -0.0433. The van der Waals surface area contributed by atoms with E-state index in [1.807, 2.05) is 35.9 Å². The van der Waals surface area contributed by atoms with Crippen molar-refractivity contribution in [2.75, 3.05) is 57.2 Å². The fourth-order valence-corrected chi connectivity index (χ4v) is 3.66. The Kier molecular flexibility index (Phi) is 6.68. The van der Waals surface area contributed by atoms with Crippen molar-refractivity contribution in [3.63, 3.8) is 0 Å². The number of fused-ring (bicyclic) bond motifs is 3. The molecule has 4 N–H and O–H groups in total. The van der Waals surface area contributed by atoms with Crippen molar-refractivity contribution in [1.29, 1.82) is 0 Å². The van der Waals surface area contributed by atoms with Crippen molar-refractivity contribution in [3.05, 3.63) is 30.1 Å². The Morgan fingerprint density at radius 3 is 2.84 bits per heavy atom. The first-order valence-electron chi connectivity index (χ1n) is 10.7. The number of nitrogens with two attached hydrogens (primary N) is 1. The van der Waals surface area contributed by atoms with Gasteiger partial charge in [0.2, 0.25) is 0 Å². The molecular formula is C21H29N7O3. The van der Waals surface area contributed by atoms with E-state index in [9.17, 15) is 4.79 Å². The van der Waals surface area contributed by atoms with Crippen LogP contribution in [-0.4, -0.2) is 71.6 Å². The Labute approximate surface area is 180 Å². The molecule has 1 aliphatic rings. The largest absolute Gasteiger partial charge is 0.382 e. The topological polar surface area (TPSA) is 120 Å². The Morgan fingerprint density at radius 2 is 2.03 bits per heavy atom. The average molecular weight is 428 g/mol. The lowest BCUT2D eigenvalue weighted by Gasteiger charge is -2.26. The second-order valence-corrected chi connectivity index (χ2v) is 7.31. The van der Waals surface area contributed by atoms with Crippen LogP contribution < -0.4 is 16.5 Å². The summed E-state index contributed by atoms with van der Waals surface area (Å²) in [5.74, 6) is 1.13. The van der Waals surface area contributed by atoms with E-state index in [2.05, 4.69) is 20.7 Å². The van der Waals surface area contributed by atoms with Crippen molar-refractivity contribution in [2.24, 2.45) is 0 Å². The van der Waals surface area contributed by atoms with Gasteiger partial charge in [-0.2, -0.15) is 0 Å². The molecule has 10 nitrogen and oxygen atoms in total. The molecule has 0 radical (unpaired) electrons. The summed E-state index contributed by atoms with van der Waals surface area (Å²) in [5.41, 5.74) is 12.0. The van der Waals surface area contributed by atoms with Gasteiger partial charge in [-0.05, 0) is 19.4 Å². The number of benzene rings is 1. The summed E-state index contributed by atoms with van der Waals surface area (Å²) in [6, 6.07) is 7.81. The molecule has 3 aromatic rings. The van der Waals surface area contributed by atoms with Gasteiger partial charge in [-0.15, -0.1) is 0 Å². The van der Waals surface area contributed by atoms with E-state index in [1.165, 1.54) is 0 Å². The van der Waals surface area contributed by atoms with Crippen LogP contribution >= 0.6 is 0 Å². The number of nitrogens with zero attached hydrogens (tertiary/aromatic N) is 4. The third kappa shape index (κ3) is 4.64. The van der Waals surface area contributed by atoms with Gasteiger partial charge in [0.05, 0.1) is 18.7 Å². The second-order valence-electron chi connectivity index (χ2n) is 7.31. The maximum absolute atomic E-state index is 12.2. The zero-order chi connectivity index (χ0) is 21.6. The Morgan fingerprint density at radius 1 is 1.23 bits per heavy atom. The highest BCUT2D eigenvalue weighted by molar-refractivity contribution is 6.06. The predicted molar refractivity (Wildman–Crippen MR) is 119 cm³/mol. The summed E-state index contributed by atoms with van der Waals surface area (Å²) < 4.78 is 12.8. The van der Waals surface area contributed by atoms with Crippen LogP contribution in [0.25, 0.3) is 21.9 Å². The fourth-order valence-electron chi connectivity index (χ4n) is 3.66. The summed E-state index contributed by atoms with van der Waals surface area (Å²) in [6.45, 7) is 6.57. The fraction of sp³-hybridized carbons (Fsp3) is 0.476. The molecule has 2 amide bonds. The van der Waals surface area contributed by atoms with Crippen LogP contribution in [0.4, 0.5) is 10.6 Å². The minimum absolute atomic E-state index is 0.0433. The van der Waals surface area contributed by atoms with Crippen molar-refractivity contribution < 1.29 is 14.3 Å². The molecule has 31 heavy (non-hydrogen) atoms. The molecule has 1 saturated heterocycles. The first kappa shape index (κ1) is 21.1. The Balaban J connectivity index is 1.47. The van der Waals surface area contributed by atoms with Crippen LogP contribution in [0, 0.1) is 0 Å². The summed E-state index contributed by atoms with van der Waals surface area (Å²) in [5, 5.41) is 3.94. The molecule has 1 fully saturated rings. The molecule has 1 aromatic carbocycles. The van der Waals surface area contributed by atoms with Crippen molar-refractivity contribution in [2.45, 2.75) is 20.0 Å². The zero-order valence-electron chi connectivity index (χ0n) is 17.8. The number of carbonyl (C=O) groups is 1. The molecule has 0 saturated carbocycles. The number of para-hydroxylation sites is 1. The minimum Gasteiger partial charge on any atom is -0.382 e. The normalized spacial score (nSPS) is 14.3. The van der Waals surface area contributed by atoms with E-state index in [0.717, 1.165) is 28.7 Å². The molecule has 0 unspecified atom stereocenters. The standard InChI is InChI=1S/C21H29N7O3/c1-2-30-14-17-26-18-19(15-6-3-4-7-16(15)25-20(18)22)28(17)24-9-5-8-23-21(29)27-10-12-31-13-11-27/h3-4,6-7,24H,2,5,8-14H2,1H3,(H2,22,25)(H,23,29). The predicted octanol–water partition coefficient (Wildman–Crippen LogP) is 1.68. The molecule has 0 spiro atoms. The van der Waals surface area contributed by atoms with Crippen LogP contribution in [0.5, 0.6) is 0 Å². The van der Waals surface area contributed by atoms with Crippen LogP contribution in [0.3, 0.4) is 0 Å². The van der Waals surface area contributed by atoms with Crippen LogP contribution in [-0.2, 0) is 16.1 Å². The number of ether oxygens (including phenoxy) is 2. The molecule has 2 aromatic heterocycles. The van der Waals surface area contributed by atoms with Crippen LogP contribution in [0.2, 0.25) is 0 Å². The number of carbonyl (C=O) groups excluding carboxylic acids is 1. The summed E-state index contributed by atoms with van der Waals surface area (Å²) in [6.07, 6.45) is 0.752. The number of hydrogen-bond donors (Lipinski definition) is 3. The van der Waals surface area contributed by atoms with E-state index < -0.39 is 0 Å². The summed E-state index contributed by atoms with van der Waals surface area (Å²) in [7, 11) is 0. The van der Waals surface area contributed by atoms with Gasteiger partial charge in [0.25, 0.3) is 0 Å². The van der Waals surface area contributed by atoms with Gasteiger partial charge >= 0.3 is 6.03 Å². The lowest BCUT2D eigenvalue weighted by Crippen LogP contribution is -2.46. The second kappa shape index (κ2) is 9.80. The van der Waals surface area contributed by atoms with E-state index in [4.69, 9.17) is 15.2 Å². The van der Waals surface area contributed by atoms with Crippen LogP contribution in [0.1, 0.15) is 19.2 Å². The molecule has 1 aliphatic heterocycles. The third-order valence-corrected chi connectivity index (χ3v) is 5.22. The molecule has 0 atom stereocenters. The van der Waals surface area contributed by atoms with E-state index in [0.29, 0.717) is 63.9 Å². The summed E-state index contributed by atoms with van der Waals surface area (Å²) in [4.78, 5) is 23.2. The van der Waals surface area contributed by atoms with Crippen molar-refractivity contribution >= 4 is 33.8 Å². The molecular weight excluding hydrogens is 398 g/mol. The first-order chi connectivity index (χ1) is 15.2. The maximum Gasteiger partial charge on any atom is 0.317 e. The van der Waals surface area contributed by atoms with E-state index >= 15 is 0 Å². The monoisotopic (exact) mass is 427 g/mol. The zero-order valence-corrected chi connectivity index (χ0v) is 17.8. The number of anilines is 1. The number of amides is 2. The van der Waals surface area contributed by atoms with Crippen LogP contribution in [0.15, 0.2) is 24.3 Å². The number of hydrogen-bond acceptors (Lipinski definition) is 7. The first-order valence-corrected chi connectivity index (χ1v) is 10.7. The molecule has 4 rings (SSSR count). The number of aromatic nitrogens is 3. The number of nitrogen functional groups attached to an aromatic ring is 1. The SMILES string of the molecule is CCOCc1nc2c(N)nc3ccccc3c2n1NCCCNC(=O)N1CCOCC1. The number of nitrogens with one attached hydrogen (secondary N) is 2. The smallest absolute Gasteiger partial charge is 0.317 e. The molecule has 166 valence electrons. The molecule has 3 heterocycles.